The highest BCUT2D eigenvalue weighted by atomic mass is 35.5. The highest BCUT2D eigenvalue weighted by molar-refractivity contribution is 7.18. The number of hydrogen-bond acceptors (Lipinski definition) is 4. The quantitative estimate of drug-likeness (QED) is 0.591. The van der Waals surface area contributed by atoms with E-state index in [2.05, 4.69) is 5.92 Å². The van der Waals surface area contributed by atoms with Crippen LogP contribution in [-0.2, 0) is 24.3 Å². The summed E-state index contributed by atoms with van der Waals surface area (Å²) < 4.78 is 2.61. The lowest BCUT2D eigenvalue weighted by molar-refractivity contribution is -0.129. The Kier molecular flexibility index (Phi) is 4.85. The summed E-state index contributed by atoms with van der Waals surface area (Å²) >= 11 is 7.50. The molecule has 1 aromatic carbocycles. The van der Waals surface area contributed by atoms with Gasteiger partial charge in [-0.15, -0.1) is 17.8 Å². The number of halogens is 1. The molecular formula is C21H18ClN3O3S. The van der Waals surface area contributed by atoms with E-state index in [9.17, 15) is 14.4 Å². The van der Waals surface area contributed by atoms with Crippen LogP contribution in [0.2, 0.25) is 5.02 Å². The molecule has 3 heterocycles. The van der Waals surface area contributed by atoms with Gasteiger partial charge >= 0.3 is 5.69 Å². The first-order valence-corrected chi connectivity index (χ1v) is 10.3. The Hall–Kier alpha value is -2.82. The van der Waals surface area contributed by atoms with E-state index in [4.69, 9.17) is 18.0 Å². The van der Waals surface area contributed by atoms with Gasteiger partial charge in [-0.05, 0) is 36.6 Å². The molecule has 29 heavy (non-hydrogen) atoms. The zero-order valence-electron chi connectivity index (χ0n) is 16.0. The van der Waals surface area contributed by atoms with E-state index >= 15 is 0 Å². The average Bonchev–Trinajstić information content (AvgIpc) is 3.06. The fraction of sp³-hybridized carbons (Fsp3) is 0.286. The summed E-state index contributed by atoms with van der Waals surface area (Å²) in [6.07, 6.45) is 6.08. The van der Waals surface area contributed by atoms with Gasteiger partial charge in [0.25, 0.3) is 5.56 Å². The normalized spacial score (nSPS) is 13.4. The molecule has 0 radical (unpaired) electrons. The number of rotatable bonds is 2. The van der Waals surface area contributed by atoms with Crippen LogP contribution in [0.4, 0.5) is 0 Å². The first-order chi connectivity index (χ1) is 13.8. The molecule has 3 aromatic rings. The predicted octanol–water partition coefficient (Wildman–Crippen LogP) is 2.71. The fourth-order valence-corrected chi connectivity index (χ4v) is 5.25. The predicted molar refractivity (Wildman–Crippen MR) is 115 cm³/mol. The smallest absolute Gasteiger partial charge is 0.337 e. The highest BCUT2D eigenvalue weighted by Gasteiger charge is 2.27. The van der Waals surface area contributed by atoms with Gasteiger partial charge in [-0.3, -0.25) is 14.2 Å². The summed E-state index contributed by atoms with van der Waals surface area (Å²) in [4.78, 5) is 41.8. The van der Waals surface area contributed by atoms with Crippen LogP contribution >= 0.6 is 22.9 Å². The van der Waals surface area contributed by atoms with Gasteiger partial charge in [0.2, 0.25) is 5.91 Å². The molecule has 2 aromatic heterocycles. The molecule has 0 spiro atoms. The molecule has 1 aliphatic heterocycles. The van der Waals surface area contributed by atoms with Crippen LogP contribution in [0.3, 0.4) is 0 Å². The van der Waals surface area contributed by atoms with E-state index in [0.29, 0.717) is 40.4 Å². The molecule has 0 bridgehead atoms. The van der Waals surface area contributed by atoms with E-state index in [1.54, 1.807) is 23.1 Å². The molecule has 6 nitrogen and oxygen atoms in total. The third-order valence-corrected chi connectivity index (χ3v) is 6.70. The van der Waals surface area contributed by atoms with Crippen LogP contribution in [0.1, 0.15) is 22.9 Å². The number of thiophene rings is 1. The lowest BCUT2D eigenvalue weighted by atomic mass is 10.1. The van der Waals surface area contributed by atoms with Crippen LogP contribution in [0.5, 0.6) is 0 Å². The number of aryl methyl sites for hydroxylation is 1. The van der Waals surface area contributed by atoms with Crippen molar-refractivity contribution in [2.24, 2.45) is 0 Å². The van der Waals surface area contributed by atoms with Crippen molar-refractivity contribution in [2.75, 3.05) is 6.54 Å². The summed E-state index contributed by atoms with van der Waals surface area (Å²) in [5.74, 6) is 2.50. The maximum atomic E-state index is 13.5. The number of carbonyl (C=O) groups is 1. The summed E-state index contributed by atoms with van der Waals surface area (Å²) in [6.45, 7) is 4.37. The number of hydrogen-bond donors (Lipinski definition) is 0. The van der Waals surface area contributed by atoms with Crippen LogP contribution in [-0.4, -0.2) is 26.5 Å². The zero-order valence-corrected chi connectivity index (χ0v) is 17.6. The Morgan fingerprint density at radius 2 is 2.10 bits per heavy atom. The van der Waals surface area contributed by atoms with E-state index in [0.717, 1.165) is 20.6 Å². The number of nitrogens with zero attached hydrogens (tertiary/aromatic N) is 3. The van der Waals surface area contributed by atoms with E-state index in [-0.39, 0.29) is 18.0 Å². The van der Waals surface area contributed by atoms with Crippen molar-refractivity contribution in [1.29, 1.82) is 0 Å². The standard InChI is InChI=1S/C21H18ClN3O3S/c1-4-8-24-20-18(15-7-9-23(13(3)26)11-17(15)29-20)19(27)25(21(24)28)16-10-14(22)6-5-12(16)2/h1,5-6,10H,7-9,11H2,2-3H3. The highest BCUT2D eigenvalue weighted by Crippen LogP contribution is 2.33. The molecule has 4 rings (SSSR count). The average molecular weight is 428 g/mol. The summed E-state index contributed by atoms with van der Waals surface area (Å²) in [6, 6.07) is 5.10. The summed E-state index contributed by atoms with van der Waals surface area (Å²) in [5.41, 5.74) is 1.23. The SMILES string of the molecule is C#CCn1c(=O)n(-c2cc(Cl)ccc2C)c(=O)c2c3c(sc21)CN(C(C)=O)CC3. The first kappa shape index (κ1) is 19.5. The van der Waals surface area contributed by atoms with Crippen molar-refractivity contribution in [3.8, 4) is 18.0 Å². The van der Waals surface area contributed by atoms with E-state index in [1.807, 2.05) is 6.92 Å². The Labute approximate surface area is 175 Å². The number of terminal acetylenes is 1. The Morgan fingerprint density at radius 1 is 1.34 bits per heavy atom. The van der Waals surface area contributed by atoms with Crippen molar-refractivity contribution >= 4 is 39.1 Å². The van der Waals surface area contributed by atoms with Crippen molar-refractivity contribution in [2.45, 2.75) is 33.4 Å². The molecule has 0 atom stereocenters. The molecule has 148 valence electrons. The number of fused-ring (bicyclic) bond motifs is 3. The molecule has 8 heteroatoms. The Balaban J connectivity index is 2.09. The second-order valence-corrected chi connectivity index (χ2v) is 8.54. The number of aromatic nitrogens is 2. The maximum absolute atomic E-state index is 13.5. The van der Waals surface area contributed by atoms with Gasteiger partial charge in [-0.1, -0.05) is 23.6 Å². The monoisotopic (exact) mass is 427 g/mol. The first-order valence-electron chi connectivity index (χ1n) is 9.09. The minimum atomic E-state index is -0.493. The van der Waals surface area contributed by atoms with E-state index in [1.165, 1.54) is 22.8 Å². The molecule has 0 saturated carbocycles. The topological polar surface area (TPSA) is 64.3 Å². The fourth-order valence-electron chi connectivity index (χ4n) is 3.74. The van der Waals surface area contributed by atoms with E-state index < -0.39 is 5.69 Å². The largest absolute Gasteiger partial charge is 0.337 e. The third kappa shape index (κ3) is 3.09. The maximum Gasteiger partial charge on any atom is 0.337 e. The second-order valence-electron chi connectivity index (χ2n) is 7.02. The van der Waals surface area contributed by atoms with Gasteiger partial charge < -0.3 is 4.90 Å². The molecule has 1 aliphatic rings. The molecule has 0 saturated heterocycles. The molecule has 0 N–H and O–H groups in total. The van der Waals surface area contributed by atoms with Gasteiger partial charge in [0.15, 0.2) is 0 Å². The second kappa shape index (κ2) is 7.21. The van der Waals surface area contributed by atoms with Crippen LogP contribution < -0.4 is 11.2 Å². The van der Waals surface area contributed by atoms with Crippen molar-refractivity contribution in [1.82, 2.24) is 14.0 Å². The molecular weight excluding hydrogens is 410 g/mol. The Bertz CT molecular complexity index is 1330. The number of amides is 1. The van der Waals surface area contributed by atoms with Gasteiger partial charge in [0, 0.05) is 23.4 Å². The van der Waals surface area contributed by atoms with Crippen molar-refractivity contribution in [3.63, 3.8) is 0 Å². The minimum absolute atomic E-state index is 0.0129. The molecule has 0 fully saturated rings. The van der Waals surface area contributed by atoms with Crippen molar-refractivity contribution in [3.05, 3.63) is 60.1 Å². The number of benzene rings is 1. The minimum Gasteiger partial charge on any atom is -0.337 e. The van der Waals surface area contributed by atoms with Crippen molar-refractivity contribution < 1.29 is 4.79 Å². The summed E-state index contributed by atoms with van der Waals surface area (Å²) in [7, 11) is 0. The van der Waals surface area contributed by atoms with Crippen LogP contribution in [0, 0.1) is 19.3 Å². The summed E-state index contributed by atoms with van der Waals surface area (Å²) in [5, 5.41) is 0.937. The van der Waals surface area contributed by atoms with Crippen LogP contribution in [0.15, 0.2) is 27.8 Å². The molecule has 0 unspecified atom stereocenters. The van der Waals surface area contributed by atoms with Gasteiger partial charge in [0.05, 0.1) is 24.2 Å². The van der Waals surface area contributed by atoms with Crippen LogP contribution in [0.25, 0.3) is 15.9 Å². The lowest BCUT2D eigenvalue weighted by Gasteiger charge is -2.25. The lowest BCUT2D eigenvalue weighted by Crippen LogP contribution is -2.39. The van der Waals surface area contributed by atoms with Gasteiger partial charge in [-0.2, -0.15) is 0 Å². The Morgan fingerprint density at radius 3 is 2.79 bits per heavy atom. The van der Waals surface area contributed by atoms with Gasteiger partial charge in [-0.25, -0.2) is 9.36 Å². The number of carbonyl (C=O) groups excluding carboxylic acids is 1. The third-order valence-electron chi connectivity index (χ3n) is 5.23. The molecule has 1 amide bonds. The van der Waals surface area contributed by atoms with Gasteiger partial charge in [0.1, 0.15) is 4.83 Å². The molecule has 0 aliphatic carbocycles. The zero-order chi connectivity index (χ0) is 20.9.